The van der Waals surface area contributed by atoms with Gasteiger partial charge in [0.15, 0.2) is 5.69 Å². The van der Waals surface area contributed by atoms with Gasteiger partial charge >= 0.3 is 0 Å². The molecule has 0 fully saturated rings. The van der Waals surface area contributed by atoms with Gasteiger partial charge in [-0.3, -0.25) is 9.48 Å². The summed E-state index contributed by atoms with van der Waals surface area (Å²) in [6.45, 7) is 4.84. The maximum atomic E-state index is 12.3. The predicted octanol–water partition coefficient (Wildman–Crippen LogP) is 2.31. The molecule has 5 nitrogen and oxygen atoms in total. The van der Waals surface area contributed by atoms with Crippen LogP contribution in [0.25, 0.3) is 0 Å². The maximum absolute atomic E-state index is 12.3. The molecule has 0 saturated carbocycles. The minimum absolute atomic E-state index is 0.0379. The number of carbonyl (C=O) groups excluding carboxylic acids is 1. The summed E-state index contributed by atoms with van der Waals surface area (Å²) in [6, 6.07) is 1.88. The van der Waals surface area contributed by atoms with E-state index in [1.54, 1.807) is 34.2 Å². The van der Waals surface area contributed by atoms with Gasteiger partial charge in [-0.25, -0.2) is 4.98 Å². The first-order valence-corrected chi connectivity index (χ1v) is 7.54. The van der Waals surface area contributed by atoms with Crippen LogP contribution >= 0.6 is 11.3 Å². The second-order valence-corrected chi connectivity index (χ2v) is 6.11. The summed E-state index contributed by atoms with van der Waals surface area (Å²) < 4.78 is 1.78. The second-order valence-electron chi connectivity index (χ2n) is 5.14. The van der Waals surface area contributed by atoms with E-state index < -0.39 is 0 Å². The Labute approximate surface area is 123 Å². The zero-order valence-electron chi connectivity index (χ0n) is 12.3. The van der Waals surface area contributed by atoms with Gasteiger partial charge in [0.25, 0.3) is 5.91 Å². The summed E-state index contributed by atoms with van der Waals surface area (Å²) >= 11 is 1.61. The smallest absolute Gasteiger partial charge is 0.274 e. The van der Waals surface area contributed by atoms with Crippen LogP contribution in [0.4, 0.5) is 0 Å². The van der Waals surface area contributed by atoms with Crippen molar-refractivity contribution >= 4 is 17.2 Å². The van der Waals surface area contributed by atoms with Crippen molar-refractivity contribution in [2.45, 2.75) is 26.2 Å². The SMILES string of the molecule is CC(C)c1cc(C(=O)N(C)CCc2nccs2)nn1C. The van der Waals surface area contributed by atoms with Gasteiger partial charge in [-0.05, 0) is 12.0 Å². The molecular formula is C14H20N4OS. The topological polar surface area (TPSA) is 51.0 Å². The van der Waals surface area contributed by atoms with E-state index >= 15 is 0 Å². The summed E-state index contributed by atoms with van der Waals surface area (Å²) in [4.78, 5) is 18.3. The second kappa shape index (κ2) is 6.17. The number of thiazole rings is 1. The summed E-state index contributed by atoms with van der Waals surface area (Å²) in [5.74, 6) is 0.318. The highest BCUT2D eigenvalue weighted by atomic mass is 32.1. The molecule has 0 radical (unpaired) electrons. The molecule has 2 rings (SSSR count). The minimum Gasteiger partial charge on any atom is -0.340 e. The molecule has 0 spiro atoms. The van der Waals surface area contributed by atoms with E-state index in [0.29, 0.717) is 18.2 Å². The molecule has 2 aromatic heterocycles. The predicted molar refractivity (Wildman–Crippen MR) is 80.1 cm³/mol. The number of amides is 1. The van der Waals surface area contributed by atoms with Crippen LogP contribution in [0.5, 0.6) is 0 Å². The van der Waals surface area contributed by atoms with Gasteiger partial charge < -0.3 is 4.90 Å². The van der Waals surface area contributed by atoms with Crippen LogP contribution in [0.15, 0.2) is 17.6 Å². The number of nitrogens with zero attached hydrogens (tertiary/aromatic N) is 4. The highest BCUT2D eigenvalue weighted by molar-refractivity contribution is 7.09. The number of aryl methyl sites for hydroxylation is 1. The molecule has 0 unspecified atom stereocenters. The van der Waals surface area contributed by atoms with Gasteiger partial charge in [0.2, 0.25) is 0 Å². The lowest BCUT2D eigenvalue weighted by molar-refractivity contribution is 0.0790. The van der Waals surface area contributed by atoms with E-state index in [0.717, 1.165) is 17.1 Å². The van der Waals surface area contributed by atoms with Crippen LogP contribution in [-0.2, 0) is 13.5 Å². The Balaban J connectivity index is 2.01. The Hall–Kier alpha value is -1.69. The Morgan fingerprint density at radius 2 is 2.25 bits per heavy atom. The summed E-state index contributed by atoms with van der Waals surface area (Å²) in [7, 11) is 3.68. The Morgan fingerprint density at radius 3 is 2.80 bits per heavy atom. The average Bonchev–Trinajstić information content (AvgIpc) is 3.04. The fourth-order valence-corrected chi connectivity index (χ4v) is 2.67. The first-order chi connectivity index (χ1) is 9.49. The van der Waals surface area contributed by atoms with Crippen molar-refractivity contribution < 1.29 is 4.79 Å². The molecule has 0 aliphatic rings. The largest absolute Gasteiger partial charge is 0.340 e. The minimum atomic E-state index is -0.0379. The summed E-state index contributed by atoms with van der Waals surface area (Å²) in [5, 5.41) is 7.31. The Bertz CT molecular complexity index is 574. The molecular weight excluding hydrogens is 272 g/mol. The van der Waals surface area contributed by atoms with E-state index in [4.69, 9.17) is 0 Å². The highest BCUT2D eigenvalue weighted by Crippen LogP contribution is 2.15. The molecule has 0 bridgehead atoms. The number of rotatable bonds is 5. The number of likely N-dealkylation sites (N-methyl/N-ethyl adjacent to an activating group) is 1. The van der Waals surface area contributed by atoms with E-state index in [1.807, 2.05) is 18.5 Å². The van der Waals surface area contributed by atoms with Crippen LogP contribution in [-0.4, -0.2) is 39.2 Å². The van der Waals surface area contributed by atoms with Crippen molar-refractivity contribution in [2.24, 2.45) is 7.05 Å². The number of hydrogen-bond donors (Lipinski definition) is 0. The van der Waals surface area contributed by atoms with Crippen molar-refractivity contribution in [1.82, 2.24) is 19.7 Å². The van der Waals surface area contributed by atoms with Crippen molar-refractivity contribution in [3.05, 3.63) is 34.0 Å². The zero-order chi connectivity index (χ0) is 14.7. The molecule has 20 heavy (non-hydrogen) atoms. The Morgan fingerprint density at radius 1 is 1.50 bits per heavy atom. The summed E-state index contributed by atoms with van der Waals surface area (Å²) in [5.41, 5.74) is 1.58. The third-order valence-electron chi connectivity index (χ3n) is 3.22. The van der Waals surface area contributed by atoms with Gasteiger partial charge in [-0.15, -0.1) is 11.3 Å². The van der Waals surface area contributed by atoms with E-state index in [9.17, 15) is 4.79 Å². The molecule has 6 heteroatoms. The average molecular weight is 292 g/mol. The monoisotopic (exact) mass is 292 g/mol. The van der Waals surface area contributed by atoms with Gasteiger partial charge in [0.05, 0.1) is 5.01 Å². The highest BCUT2D eigenvalue weighted by Gasteiger charge is 2.18. The van der Waals surface area contributed by atoms with Crippen molar-refractivity contribution in [1.29, 1.82) is 0 Å². The Kier molecular flexibility index (Phi) is 4.54. The molecule has 0 aromatic carbocycles. The number of aromatic nitrogens is 3. The molecule has 1 amide bonds. The first kappa shape index (κ1) is 14.7. The standard InChI is InChI=1S/C14H20N4OS/c1-10(2)12-9-11(16-18(12)4)14(19)17(3)7-5-13-15-6-8-20-13/h6,8-10H,5,7H2,1-4H3. The third-order valence-corrected chi connectivity index (χ3v) is 4.06. The van der Waals surface area contributed by atoms with Crippen LogP contribution in [0.3, 0.4) is 0 Å². The van der Waals surface area contributed by atoms with E-state index in [-0.39, 0.29) is 5.91 Å². The van der Waals surface area contributed by atoms with Crippen LogP contribution in [0.2, 0.25) is 0 Å². The molecule has 108 valence electrons. The number of hydrogen-bond acceptors (Lipinski definition) is 4. The molecule has 2 heterocycles. The first-order valence-electron chi connectivity index (χ1n) is 6.66. The fourth-order valence-electron chi connectivity index (χ4n) is 2.06. The molecule has 0 aliphatic heterocycles. The van der Waals surface area contributed by atoms with E-state index in [1.165, 1.54) is 0 Å². The normalized spacial score (nSPS) is 11.1. The molecule has 0 saturated heterocycles. The van der Waals surface area contributed by atoms with Gasteiger partial charge in [0.1, 0.15) is 0 Å². The van der Waals surface area contributed by atoms with Crippen LogP contribution < -0.4 is 0 Å². The van der Waals surface area contributed by atoms with Crippen molar-refractivity contribution in [3.63, 3.8) is 0 Å². The fraction of sp³-hybridized carbons (Fsp3) is 0.500. The van der Waals surface area contributed by atoms with Crippen LogP contribution in [0, 0.1) is 0 Å². The number of carbonyl (C=O) groups is 1. The molecule has 2 aromatic rings. The van der Waals surface area contributed by atoms with Crippen LogP contribution in [0.1, 0.15) is 41.0 Å². The lowest BCUT2D eigenvalue weighted by atomic mass is 10.1. The lowest BCUT2D eigenvalue weighted by Crippen LogP contribution is -2.29. The quantitative estimate of drug-likeness (QED) is 0.850. The van der Waals surface area contributed by atoms with Crippen molar-refractivity contribution in [3.8, 4) is 0 Å². The van der Waals surface area contributed by atoms with Gasteiger partial charge in [0, 0.05) is 44.3 Å². The van der Waals surface area contributed by atoms with E-state index in [2.05, 4.69) is 23.9 Å². The summed E-state index contributed by atoms with van der Waals surface area (Å²) in [6.07, 6.45) is 2.57. The molecule has 0 aliphatic carbocycles. The van der Waals surface area contributed by atoms with Crippen molar-refractivity contribution in [2.75, 3.05) is 13.6 Å². The van der Waals surface area contributed by atoms with Gasteiger partial charge in [-0.2, -0.15) is 5.10 Å². The third kappa shape index (κ3) is 3.25. The lowest BCUT2D eigenvalue weighted by Gasteiger charge is -2.14. The van der Waals surface area contributed by atoms with Gasteiger partial charge in [-0.1, -0.05) is 13.8 Å². The molecule has 0 N–H and O–H groups in total. The molecule has 0 atom stereocenters. The zero-order valence-corrected chi connectivity index (χ0v) is 13.1. The maximum Gasteiger partial charge on any atom is 0.274 e.